The van der Waals surface area contributed by atoms with Gasteiger partial charge >= 0.3 is 0 Å². The Morgan fingerprint density at radius 3 is 2.05 bits per heavy atom. The first kappa shape index (κ1) is 25.7. The van der Waals surface area contributed by atoms with E-state index in [0.29, 0.717) is 29.6 Å². The van der Waals surface area contributed by atoms with E-state index in [1.54, 1.807) is 6.08 Å². The van der Waals surface area contributed by atoms with E-state index in [2.05, 4.69) is 30.3 Å². The molecule has 0 aromatic heterocycles. The zero-order valence-corrected chi connectivity index (χ0v) is 22.8. The molecule has 0 unspecified atom stereocenters. The maximum absolute atomic E-state index is 13.2. The average Bonchev–Trinajstić information content (AvgIpc) is 3.24. The standard InChI is InChI=1S/C34H27NO4S/c1-2-38-31-19-23(13-16-30(31)39-22-25-12-15-27-8-4-6-10-29(27)18-25)20-32-33(36)35(34(37)40-32)21-24-11-14-26-7-3-5-9-28(26)17-24/h3-20H,2,21-22H2,1H3. The average molecular weight is 546 g/mol. The zero-order chi connectivity index (χ0) is 27.5. The lowest BCUT2D eigenvalue weighted by atomic mass is 10.1. The molecular formula is C34H27NO4S. The number of hydrogen-bond acceptors (Lipinski definition) is 5. The summed E-state index contributed by atoms with van der Waals surface area (Å²) in [5.74, 6) is 0.918. The predicted molar refractivity (Wildman–Crippen MR) is 161 cm³/mol. The summed E-state index contributed by atoms with van der Waals surface area (Å²) in [5.41, 5.74) is 2.73. The maximum Gasteiger partial charge on any atom is 0.293 e. The summed E-state index contributed by atoms with van der Waals surface area (Å²) in [6.45, 7) is 3.02. The summed E-state index contributed by atoms with van der Waals surface area (Å²) < 4.78 is 12.0. The van der Waals surface area contributed by atoms with E-state index in [-0.39, 0.29) is 17.7 Å². The minimum atomic E-state index is -0.294. The lowest BCUT2D eigenvalue weighted by molar-refractivity contribution is -0.123. The summed E-state index contributed by atoms with van der Waals surface area (Å²) in [5, 5.41) is 4.28. The van der Waals surface area contributed by atoms with Crippen molar-refractivity contribution < 1.29 is 19.1 Å². The van der Waals surface area contributed by atoms with Crippen LogP contribution in [0, 0.1) is 0 Å². The van der Waals surface area contributed by atoms with Crippen LogP contribution in [0.2, 0.25) is 0 Å². The fourth-order valence-corrected chi connectivity index (χ4v) is 5.64. The van der Waals surface area contributed by atoms with E-state index >= 15 is 0 Å². The molecule has 1 fully saturated rings. The van der Waals surface area contributed by atoms with E-state index in [9.17, 15) is 9.59 Å². The second-order valence-electron chi connectivity index (χ2n) is 9.56. The molecule has 0 bridgehead atoms. The van der Waals surface area contributed by atoms with Crippen LogP contribution in [0.25, 0.3) is 27.6 Å². The van der Waals surface area contributed by atoms with Gasteiger partial charge in [0.25, 0.3) is 11.1 Å². The normalized spacial score (nSPS) is 14.4. The Hall–Kier alpha value is -4.55. The van der Waals surface area contributed by atoms with Crippen molar-refractivity contribution in [2.45, 2.75) is 20.1 Å². The highest BCUT2D eigenvalue weighted by molar-refractivity contribution is 8.18. The number of amides is 2. The molecule has 5 aromatic carbocycles. The van der Waals surface area contributed by atoms with Crippen LogP contribution in [-0.4, -0.2) is 22.7 Å². The molecule has 1 heterocycles. The first-order valence-corrected chi connectivity index (χ1v) is 14.0. The van der Waals surface area contributed by atoms with Crippen LogP contribution in [0.5, 0.6) is 11.5 Å². The molecule has 5 nitrogen and oxygen atoms in total. The summed E-state index contributed by atoms with van der Waals surface area (Å²) in [7, 11) is 0. The topological polar surface area (TPSA) is 55.8 Å². The second-order valence-corrected chi connectivity index (χ2v) is 10.6. The van der Waals surface area contributed by atoms with Crippen molar-refractivity contribution in [2.24, 2.45) is 0 Å². The van der Waals surface area contributed by atoms with Crippen molar-refractivity contribution in [1.82, 2.24) is 4.90 Å². The van der Waals surface area contributed by atoms with Gasteiger partial charge in [-0.1, -0.05) is 78.9 Å². The predicted octanol–water partition coefficient (Wildman–Crippen LogP) is 8.21. The molecule has 6 heteroatoms. The third kappa shape index (κ3) is 5.44. The van der Waals surface area contributed by atoms with Gasteiger partial charge in [0.1, 0.15) is 6.61 Å². The van der Waals surface area contributed by atoms with Crippen LogP contribution in [0.3, 0.4) is 0 Å². The van der Waals surface area contributed by atoms with Gasteiger partial charge in [-0.3, -0.25) is 14.5 Å². The van der Waals surface area contributed by atoms with Gasteiger partial charge in [-0.2, -0.15) is 0 Å². The Balaban J connectivity index is 1.18. The number of hydrogen-bond donors (Lipinski definition) is 0. The number of benzene rings is 5. The molecule has 1 aliphatic rings. The van der Waals surface area contributed by atoms with Crippen molar-refractivity contribution >= 4 is 50.5 Å². The Morgan fingerprint density at radius 2 is 1.35 bits per heavy atom. The highest BCUT2D eigenvalue weighted by atomic mass is 32.2. The molecule has 1 saturated heterocycles. The van der Waals surface area contributed by atoms with Gasteiger partial charge in [0, 0.05) is 0 Å². The van der Waals surface area contributed by atoms with Gasteiger partial charge in [0.15, 0.2) is 11.5 Å². The first-order chi connectivity index (χ1) is 19.6. The summed E-state index contributed by atoms with van der Waals surface area (Å²) in [4.78, 5) is 27.6. The molecule has 0 spiro atoms. The van der Waals surface area contributed by atoms with Gasteiger partial charge in [-0.25, -0.2) is 0 Å². The Labute approximate surface area is 237 Å². The third-order valence-corrected chi connectivity index (χ3v) is 7.71. The Bertz CT molecular complexity index is 1780. The third-order valence-electron chi connectivity index (χ3n) is 6.80. The van der Waals surface area contributed by atoms with Crippen LogP contribution < -0.4 is 9.47 Å². The summed E-state index contributed by atoms with van der Waals surface area (Å²) in [6, 6.07) is 34.1. The van der Waals surface area contributed by atoms with Gasteiger partial charge in [-0.05, 0) is 87.3 Å². The van der Waals surface area contributed by atoms with Gasteiger partial charge < -0.3 is 9.47 Å². The Morgan fingerprint density at radius 1 is 0.700 bits per heavy atom. The first-order valence-electron chi connectivity index (χ1n) is 13.2. The lowest BCUT2D eigenvalue weighted by Crippen LogP contribution is -2.27. The Kier molecular flexibility index (Phi) is 7.25. The van der Waals surface area contributed by atoms with Gasteiger partial charge in [0.2, 0.25) is 0 Å². The number of imide groups is 1. The van der Waals surface area contributed by atoms with Crippen LogP contribution in [0.1, 0.15) is 23.6 Å². The number of ether oxygens (including phenoxy) is 2. The molecule has 40 heavy (non-hydrogen) atoms. The van der Waals surface area contributed by atoms with Crippen LogP contribution in [0.4, 0.5) is 4.79 Å². The number of carbonyl (C=O) groups is 2. The molecule has 5 aromatic rings. The SMILES string of the molecule is CCOc1cc(C=C2SC(=O)N(Cc3ccc4ccccc4c3)C2=O)ccc1OCc1ccc2ccccc2c1. The molecule has 0 saturated carbocycles. The fourth-order valence-electron chi connectivity index (χ4n) is 4.80. The van der Waals surface area contributed by atoms with Gasteiger partial charge in [-0.15, -0.1) is 0 Å². The van der Waals surface area contributed by atoms with E-state index in [1.807, 2.05) is 79.7 Å². The number of fused-ring (bicyclic) bond motifs is 2. The number of rotatable bonds is 8. The van der Waals surface area contributed by atoms with Crippen molar-refractivity contribution in [3.05, 3.63) is 125 Å². The minimum Gasteiger partial charge on any atom is -0.490 e. The van der Waals surface area contributed by atoms with Crippen LogP contribution >= 0.6 is 11.8 Å². The van der Waals surface area contributed by atoms with E-state index < -0.39 is 0 Å². The second kappa shape index (κ2) is 11.3. The molecule has 198 valence electrons. The quantitative estimate of drug-likeness (QED) is 0.184. The summed E-state index contributed by atoms with van der Waals surface area (Å²) in [6.07, 6.45) is 1.74. The number of thioether (sulfide) groups is 1. The van der Waals surface area contributed by atoms with Gasteiger partial charge in [0.05, 0.1) is 18.1 Å². The van der Waals surface area contributed by atoms with Crippen LogP contribution in [-0.2, 0) is 17.9 Å². The molecule has 0 aliphatic carbocycles. The molecular weight excluding hydrogens is 518 g/mol. The number of carbonyl (C=O) groups excluding carboxylic acids is 2. The smallest absolute Gasteiger partial charge is 0.293 e. The fraction of sp³-hybridized carbons (Fsp3) is 0.118. The van der Waals surface area contributed by atoms with E-state index in [1.165, 1.54) is 15.7 Å². The monoisotopic (exact) mass is 545 g/mol. The largest absolute Gasteiger partial charge is 0.490 e. The molecule has 6 rings (SSSR count). The van der Waals surface area contributed by atoms with Crippen molar-refractivity contribution in [1.29, 1.82) is 0 Å². The van der Waals surface area contributed by atoms with Crippen molar-refractivity contribution in [3.8, 4) is 11.5 Å². The number of nitrogens with zero attached hydrogens (tertiary/aromatic N) is 1. The van der Waals surface area contributed by atoms with Crippen LogP contribution in [0.15, 0.2) is 108 Å². The van der Waals surface area contributed by atoms with E-state index in [4.69, 9.17) is 9.47 Å². The molecule has 0 atom stereocenters. The maximum atomic E-state index is 13.2. The molecule has 1 aliphatic heterocycles. The minimum absolute atomic E-state index is 0.235. The summed E-state index contributed by atoms with van der Waals surface area (Å²) >= 11 is 0.958. The highest BCUT2D eigenvalue weighted by Gasteiger charge is 2.35. The highest BCUT2D eigenvalue weighted by Crippen LogP contribution is 2.36. The molecule has 0 radical (unpaired) electrons. The van der Waals surface area contributed by atoms with E-state index in [0.717, 1.165) is 39.2 Å². The zero-order valence-electron chi connectivity index (χ0n) is 22.0. The van der Waals surface area contributed by atoms with Crippen molar-refractivity contribution in [2.75, 3.05) is 6.61 Å². The molecule has 2 amide bonds. The molecule has 0 N–H and O–H groups in total. The van der Waals surface area contributed by atoms with Crippen molar-refractivity contribution in [3.63, 3.8) is 0 Å². The lowest BCUT2D eigenvalue weighted by Gasteiger charge is -2.14.